The Morgan fingerprint density at radius 2 is 1.82 bits per heavy atom. The molecule has 0 radical (unpaired) electrons. The third-order valence-corrected chi connectivity index (χ3v) is 5.05. The average molecular weight is 494 g/mol. The van der Waals surface area contributed by atoms with Crippen molar-refractivity contribution in [2.24, 2.45) is 5.14 Å². The molecule has 0 bridgehead atoms. The maximum atomic E-state index is 14.2. The van der Waals surface area contributed by atoms with E-state index in [0.717, 1.165) is 42.1 Å². The number of alkyl halides is 3. The molecule has 178 valence electrons. The van der Waals surface area contributed by atoms with Crippen LogP contribution in [0.2, 0.25) is 0 Å². The van der Waals surface area contributed by atoms with Gasteiger partial charge in [-0.05, 0) is 42.5 Å². The number of benzene rings is 1. The van der Waals surface area contributed by atoms with Crippen LogP contribution in [0.15, 0.2) is 30.3 Å². The van der Waals surface area contributed by atoms with Gasteiger partial charge in [-0.3, -0.25) is 0 Å². The lowest BCUT2D eigenvalue weighted by Gasteiger charge is -2.22. The molecular formula is C17H15F5N6O4S. The standard InChI is InChI=1S/C17H15F5N6O4S/c1-16(29,8-33(23,30)31)14-12(19)4-5-13(24-14)15-25-27-28(26-15)7-9-6-10(2-3-11(9)18)32-17(20,21)22/h2-6,29H,7-8H2,1H3,(H2,23,30,31). The van der Waals surface area contributed by atoms with Gasteiger partial charge in [0, 0.05) is 5.56 Å². The minimum Gasteiger partial charge on any atom is -0.406 e. The molecule has 2 aromatic heterocycles. The van der Waals surface area contributed by atoms with E-state index in [1.165, 1.54) is 0 Å². The highest BCUT2D eigenvalue weighted by molar-refractivity contribution is 7.89. The first kappa shape index (κ1) is 24.4. The van der Waals surface area contributed by atoms with Crippen molar-refractivity contribution in [1.29, 1.82) is 0 Å². The minimum atomic E-state index is -4.97. The van der Waals surface area contributed by atoms with E-state index in [4.69, 9.17) is 5.14 Å². The highest BCUT2D eigenvalue weighted by Crippen LogP contribution is 2.26. The zero-order chi connectivity index (χ0) is 24.6. The third kappa shape index (κ3) is 6.39. The molecule has 3 N–H and O–H groups in total. The molecule has 2 heterocycles. The van der Waals surface area contributed by atoms with E-state index in [9.17, 15) is 35.5 Å². The van der Waals surface area contributed by atoms with Crippen LogP contribution in [0.5, 0.6) is 5.75 Å². The van der Waals surface area contributed by atoms with Crippen LogP contribution in [0.4, 0.5) is 22.0 Å². The Hall–Kier alpha value is -3.24. The Labute approximate surface area is 182 Å². The van der Waals surface area contributed by atoms with E-state index >= 15 is 0 Å². The van der Waals surface area contributed by atoms with Crippen molar-refractivity contribution in [1.82, 2.24) is 25.2 Å². The molecule has 0 saturated heterocycles. The molecule has 0 aliphatic rings. The van der Waals surface area contributed by atoms with Crippen LogP contribution in [-0.2, 0) is 22.2 Å². The van der Waals surface area contributed by atoms with E-state index in [1.54, 1.807) is 0 Å². The number of ether oxygens (including phenoxy) is 1. The fourth-order valence-corrected chi connectivity index (χ4v) is 3.76. The van der Waals surface area contributed by atoms with Crippen LogP contribution in [0.3, 0.4) is 0 Å². The van der Waals surface area contributed by atoms with Crippen molar-refractivity contribution in [3.8, 4) is 17.3 Å². The number of halogens is 5. The first-order valence-electron chi connectivity index (χ1n) is 8.85. The van der Waals surface area contributed by atoms with Gasteiger partial charge in [-0.25, -0.2) is 27.3 Å². The Morgan fingerprint density at radius 3 is 2.45 bits per heavy atom. The molecular weight excluding hydrogens is 479 g/mol. The second-order valence-electron chi connectivity index (χ2n) is 7.05. The molecule has 0 aliphatic carbocycles. The number of hydrogen-bond acceptors (Lipinski definition) is 8. The second kappa shape index (κ2) is 8.60. The predicted molar refractivity (Wildman–Crippen MR) is 101 cm³/mol. The first-order chi connectivity index (χ1) is 15.1. The molecule has 1 aromatic carbocycles. The summed E-state index contributed by atoms with van der Waals surface area (Å²) < 4.78 is 91.7. The van der Waals surface area contributed by atoms with Gasteiger partial charge in [-0.1, -0.05) is 0 Å². The zero-order valence-corrected chi connectivity index (χ0v) is 17.4. The number of sulfonamides is 1. The number of pyridine rings is 1. The summed E-state index contributed by atoms with van der Waals surface area (Å²) in [6.45, 7) is 0.556. The summed E-state index contributed by atoms with van der Waals surface area (Å²) in [7, 11) is -4.19. The van der Waals surface area contributed by atoms with Crippen LogP contribution in [0, 0.1) is 11.6 Å². The van der Waals surface area contributed by atoms with Crippen LogP contribution >= 0.6 is 0 Å². The van der Waals surface area contributed by atoms with E-state index in [2.05, 4.69) is 25.1 Å². The number of nitrogens with zero attached hydrogens (tertiary/aromatic N) is 5. The number of primary sulfonamides is 1. The third-order valence-electron chi connectivity index (χ3n) is 4.08. The number of hydrogen-bond donors (Lipinski definition) is 2. The highest BCUT2D eigenvalue weighted by Gasteiger charge is 2.34. The van der Waals surface area contributed by atoms with E-state index in [1.807, 2.05) is 0 Å². The van der Waals surface area contributed by atoms with E-state index in [0.29, 0.717) is 0 Å². The molecule has 0 amide bonds. The summed E-state index contributed by atoms with van der Waals surface area (Å²) in [6, 6.07) is 4.38. The van der Waals surface area contributed by atoms with Crippen molar-refractivity contribution < 1.29 is 40.2 Å². The van der Waals surface area contributed by atoms with E-state index < -0.39 is 57.4 Å². The van der Waals surface area contributed by atoms with Gasteiger partial charge in [0.15, 0.2) is 0 Å². The Kier molecular flexibility index (Phi) is 6.36. The minimum absolute atomic E-state index is 0.123. The summed E-state index contributed by atoms with van der Waals surface area (Å²) in [5.74, 6) is -3.77. The molecule has 16 heteroatoms. The largest absolute Gasteiger partial charge is 0.573 e. The van der Waals surface area contributed by atoms with Crippen molar-refractivity contribution in [3.05, 3.63) is 53.2 Å². The van der Waals surface area contributed by atoms with Crippen LogP contribution in [0.1, 0.15) is 18.2 Å². The maximum absolute atomic E-state index is 14.2. The smallest absolute Gasteiger partial charge is 0.406 e. The topological polar surface area (TPSA) is 146 Å². The number of aliphatic hydroxyl groups is 1. The Balaban J connectivity index is 1.88. The van der Waals surface area contributed by atoms with Crippen LogP contribution in [0.25, 0.3) is 11.5 Å². The summed E-state index contributed by atoms with van der Waals surface area (Å²) in [4.78, 5) is 4.68. The number of tetrazole rings is 1. The van der Waals surface area contributed by atoms with Gasteiger partial charge >= 0.3 is 6.36 Å². The molecule has 0 spiro atoms. The predicted octanol–water partition coefficient (Wildman–Crippen LogP) is 1.46. The SMILES string of the molecule is CC(O)(CS(N)(=O)=O)c1nc(-c2nnn(Cc3cc(OC(F)(F)F)ccc3F)n2)ccc1F. The van der Waals surface area contributed by atoms with Gasteiger partial charge in [-0.15, -0.1) is 23.4 Å². The maximum Gasteiger partial charge on any atom is 0.573 e. The van der Waals surface area contributed by atoms with E-state index in [-0.39, 0.29) is 17.1 Å². The lowest BCUT2D eigenvalue weighted by molar-refractivity contribution is -0.274. The fourth-order valence-electron chi connectivity index (χ4n) is 2.84. The Morgan fingerprint density at radius 1 is 1.15 bits per heavy atom. The molecule has 0 aliphatic heterocycles. The van der Waals surface area contributed by atoms with Gasteiger partial charge in [0.1, 0.15) is 34.4 Å². The van der Waals surface area contributed by atoms with Crippen LogP contribution in [-0.4, -0.2) is 50.8 Å². The first-order valence-corrected chi connectivity index (χ1v) is 10.6. The van der Waals surface area contributed by atoms with Gasteiger partial charge < -0.3 is 9.84 Å². The lowest BCUT2D eigenvalue weighted by Crippen LogP contribution is -2.36. The molecule has 3 aromatic rings. The molecule has 3 rings (SSSR count). The fraction of sp³-hybridized carbons (Fsp3) is 0.294. The number of nitrogens with two attached hydrogens (primary N) is 1. The molecule has 0 fully saturated rings. The van der Waals surface area contributed by atoms with Gasteiger partial charge in [0.2, 0.25) is 15.8 Å². The lowest BCUT2D eigenvalue weighted by atomic mass is 10.0. The van der Waals surface area contributed by atoms with Crippen molar-refractivity contribution in [2.75, 3.05) is 5.75 Å². The van der Waals surface area contributed by atoms with Crippen molar-refractivity contribution >= 4 is 10.0 Å². The summed E-state index contributed by atoms with van der Waals surface area (Å²) in [5.41, 5.74) is -3.30. The quantitative estimate of drug-likeness (QED) is 0.470. The number of aromatic nitrogens is 5. The van der Waals surface area contributed by atoms with Gasteiger partial charge in [0.05, 0.1) is 12.3 Å². The molecule has 33 heavy (non-hydrogen) atoms. The zero-order valence-electron chi connectivity index (χ0n) is 16.6. The number of rotatable bonds is 7. The highest BCUT2D eigenvalue weighted by atomic mass is 32.2. The second-order valence-corrected chi connectivity index (χ2v) is 8.67. The molecule has 0 saturated carbocycles. The normalized spacial score (nSPS) is 14.2. The average Bonchev–Trinajstić information content (AvgIpc) is 3.10. The Bertz CT molecular complexity index is 1280. The summed E-state index contributed by atoms with van der Waals surface area (Å²) in [6.07, 6.45) is -4.97. The van der Waals surface area contributed by atoms with Crippen LogP contribution < -0.4 is 9.88 Å². The van der Waals surface area contributed by atoms with Gasteiger partial charge in [0.25, 0.3) is 0 Å². The van der Waals surface area contributed by atoms with Crippen molar-refractivity contribution in [3.63, 3.8) is 0 Å². The summed E-state index contributed by atoms with van der Waals surface area (Å²) >= 11 is 0. The van der Waals surface area contributed by atoms with Gasteiger partial charge in [-0.2, -0.15) is 4.80 Å². The summed E-state index contributed by atoms with van der Waals surface area (Å²) in [5, 5.41) is 26.5. The van der Waals surface area contributed by atoms with Crippen molar-refractivity contribution in [2.45, 2.75) is 25.4 Å². The monoisotopic (exact) mass is 494 g/mol. The molecule has 10 nitrogen and oxygen atoms in total. The molecule has 1 unspecified atom stereocenters. The molecule has 1 atom stereocenters.